The van der Waals surface area contributed by atoms with Gasteiger partial charge in [0.25, 0.3) is 0 Å². The summed E-state index contributed by atoms with van der Waals surface area (Å²) in [5, 5.41) is 3.10. The molecule has 2 aromatic rings. The molecule has 1 N–H and O–H groups in total. The molecular weight excluding hydrogens is 300 g/mol. The van der Waals surface area contributed by atoms with E-state index in [0.717, 1.165) is 35.5 Å². The summed E-state index contributed by atoms with van der Waals surface area (Å²) in [6.45, 7) is 6.94. The minimum atomic E-state index is -0.295. The Hall–Kier alpha value is -2.17. The summed E-state index contributed by atoms with van der Waals surface area (Å²) in [4.78, 5) is 15.2. The fraction of sp³-hybridized carbons (Fsp3) is 0.350. The summed E-state index contributed by atoms with van der Waals surface area (Å²) in [6.07, 6.45) is 0. The predicted octanol–water partition coefficient (Wildman–Crippen LogP) is 3.32. The van der Waals surface area contributed by atoms with E-state index in [1.165, 1.54) is 0 Å². The van der Waals surface area contributed by atoms with Crippen LogP contribution in [0.1, 0.15) is 22.7 Å². The Kier molecular flexibility index (Phi) is 5.28. The number of anilines is 1. The van der Waals surface area contributed by atoms with E-state index in [-0.39, 0.29) is 11.9 Å². The highest BCUT2D eigenvalue weighted by molar-refractivity contribution is 5.95. The fourth-order valence-corrected chi connectivity index (χ4v) is 3.26. The van der Waals surface area contributed by atoms with Gasteiger partial charge in [-0.2, -0.15) is 0 Å². The molecular formula is C20H24N2O2. The summed E-state index contributed by atoms with van der Waals surface area (Å²) in [5.74, 6) is 0.00750. The minimum absolute atomic E-state index is 0.00750. The van der Waals surface area contributed by atoms with Crippen LogP contribution in [-0.4, -0.2) is 37.1 Å². The molecule has 126 valence electrons. The monoisotopic (exact) mass is 324 g/mol. The van der Waals surface area contributed by atoms with E-state index in [9.17, 15) is 4.79 Å². The maximum absolute atomic E-state index is 13.0. The maximum atomic E-state index is 13.0. The molecule has 1 aliphatic heterocycles. The van der Waals surface area contributed by atoms with Gasteiger partial charge >= 0.3 is 0 Å². The number of aryl methyl sites for hydroxylation is 2. The number of morpholine rings is 1. The number of hydrogen-bond acceptors (Lipinski definition) is 3. The molecule has 2 aromatic carbocycles. The molecule has 0 aliphatic carbocycles. The second kappa shape index (κ2) is 7.60. The van der Waals surface area contributed by atoms with E-state index in [1.54, 1.807) is 0 Å². The Labute approximate surface area is 143 Å². The lowest BCUT2D eigenvalue weighted by molar-refractivity contribution is -0.123. The lowest BCUT2D eigenvalue weighted by Crippen LogP contribution is -2.43. The molecule has 0 unspecified atom stereocenters. The average Bonchev–Trinajstić information content (AvgIpc) is 2.56. The van der Waals surface area contributed by atoms with Crippen LogP contribution in [0.2, 0.25) is 0 Å². The van der Waals surface area contributed by atoms with Crippen molar-refractivity contribution in [3.8, 4) is 0 Å². The molecule has 0 saturated carbocycles. The Bertz CT molecular complexity index is 674. The van der Waals surface area contributed by atoms with Gasteiger partial charge in [0.05, 0.1) is 13.2 Å². The number of nitrogens with zero attached hydrogens (tertiary/aromatic N) is 1. The van der Waals surface area contributed by atoms with Gasteiger partial charge in [-0.25, -0.2) is 0 Å². The summed E-state index contributed by atoms with van der Waals surface area (Å²) < 4.78 is 5.44. The summed E-state index contributed by atoms with van der Waals surface area (Å²) >= 11 is 0. The molecule has 1 amide bonds. The van der Waals surface area contributed by atoms with E-state index in [4.69, 9.17) is 4.74 Å². The van der Waals surface area contributed by atoms with Crippen molar-refractivity contribution >= 4 is 11.6 Å². The van der Waals surface area contributed by atoms with Crippen molar-refractivity contribution in [2.45, 2.75) is 19.9 Å². The van der Waals surface area contributed by atoms with Gasteiger partial charge in [-0.15, -0.1) is 0 Å². The Morgan fingerprint density at radius 3 is 2.29 bits per heavy atom. The van der Waals surface area contributed by atoms with Gasteiger partial charge in [0.2, 0.25) is 5.91 Å². The Morgan fingerprint density at radius 1 is 1.04 bits per heavy atom. The third kappa shape index (κ3) is 4.02. The van der Waals surface area contributed by atoms with Crippen molar-refractivity contribution < 1.29 is 9.53 Å². The van der Waals surface area contributed by atoms with E-state index in [2.05, 4.69) is 16.3 Å². The topological polar surface area (TPSA) is 41.6 Å². The number of nitrogens with one attached hydrogen (secondary N) is 1. The van der Waals surface area contributed by atoms with Crippen molar-refractivity contribution in [2.75, 3.05) is 31.6 Å². The van der Waals surface area contributed by atoms with E-state index in [0.29, 0.717) is 13.2 Å². The van der Waals surface area contributed by atoms with Crippen LogP contribution >= 0.6 is 0 Å². The predicted molar refractivity (Wildman–Crippen MR) is 96.1 cm³/mol. The molecule has 1 heterocycles. The van der Waals surface area contributed by atoms with Crippen LogP contribution in [0.4, 0.5) is 5.69 Å². The molecule has 0 spiro atoms. The van der Waals surface area contributed by atoms with E-state index >= 15 is 0 Å². The van der Waals surface area contributed by atoms with Crippen LogP contribution < -0.4 is 5.32 Å². The zero-order valence-electron chi connectivity index (χ0n) is 14.3. The molecule has 3 rings (SSSR count). The SMILES string of the molecule is Cc1cc(C)cc(NC(=O)[C@H](c2ccccc2)N2CCOCC2)c1. The Balaban J connectivity index is 1.85. The number of benzene rings is 2. The molecule has 1 aliphatic rings. The zero-order valence-corrected chi connectivity index (χ0v) is 14.3. The molecule has 1 fully saturated rings. The summed E-state index contributed by atoms with van der Waals surface area (Å²) in [6, 6.07) is 15.8. The average molecular weight is 324 g/mol. The zero-order chi connectivity index (χ0) is 16.9. The van der Waals surface area contributed by atoms with Crippen molar-refractivity contribution in [2.24, 2.45) is 0 Å². The third-order valence-corrected chi connectivity index (χ3v) is 4.26. The normalized spacial score (nSPS) is 16.6. The van der Waals surface area contributed by atoms with Gasteiger partial charge in [-0.05, 0) is 42.7 Å². The number of carbonyl (C=O) groups excluding carboxylic acids is 1. The molecule has 0 aromatic heterocycles. The van der Waals surface area contributed by atoms with E-state index < -0.39 is 0 Å². The number of ether oxygens (including phenoxy) is 1. The first-order valence-corrected chi connectivity index (χ1v) is 8.39. The second-order valence-electron chi connectivity index (χ2n) is 6.33. The molecule has 24 heavy (non-hydrogen) atoms. The van der Waals surface area contributed by atoms with Crippen molar-refractivity contribution in [3.05, 3.63) is 65.2 Å². The quantitative estimate of drug-likeness (QED) is 0.938. The minimum Gasteiger partial charge on any atom is -0.379 e. The maximum Gasteiger partial charge on any atom is 0.246 e. The summed E-state index contributed by atoms with van der Waals surface area (Å²) in [7, 11) is 0. The highest BCUT2D eigenvalue weighted by Gasteiger charge is 2.29. The molecule has 1 atom stereocenters. The molecule has 0 radical (unpaired) electrons. The molecule has 4 nitrogen and oxygen atoms in total. The van der Waals surface area contributed by atoms with Crippen LogP contribution in [0.5, 0.6) is 0 Å². The molecule has 1 saturated heterocycles. The van der Waals surface area contributed by atoms with Gasteiger partial charge in [-0.1, -0.05) is 36.4 Å². The van der Waals surface area contributed by atoms with Crippen LogP contribution in [-0.2, 0) is 9.53 Å². The Morgan fingerprint density at radius 2 is 1.67 bits per heavy atom. The number of rotatable bonds is 4. The highest BCUT2D eigenvalue weighted by atomic mass is 16.5. The number of hydrogen-bond donors (Lipinski definition) is 1. The van der Waals surface area contributed by atoms with Crippen LogP contribution in [0.15, 0.2) is 48.5 Å². The second-order valence-corrected chi connectivity index (χ2v) is 6.33. The fourth-order valence-electron chi connectivity index (χ4n) is 3.26. The number of carbonyl (C=O) groups is 1. The van der Waals surface area contributed by atoms with Gasteiger partial charge in [0.15, 0.2) is 0 Å². The van der Waals surface area contributed by atoms with Crippen molar-refractivity contribution in [3.63, 3.8) is 0 Å². The molecule has 0 bridgehead atoms. The van der Waals surface area contributed by atoms with Gasteiger partial charge in [0, 0.05) is 18.8 Å². The van der Waals surface area contributed by atoms with Crippen LogP contribution in [0.25, 0.3) is 0 Å². The lowest BCUT2D eigenvalue weighted by atomic mass is 10.0. The van der Waals surface area contributed by atoms with Crippen LogP contribution in [0.3, 0.4) is 0 Å². The molecule has 4 heteroatoms. The first-order chi connectivity index (χ1) is 11.6. The number of amides is 1. The van der Waals surface area contributed by atoms with Crippen molar-refractivity contribution in [1.29, 1.82) is 0 Å². The van der Waals surface area contributed by atoms with Crippen LogP contribution in [0, 0.1) is 13.8 Å². The first kappa shape index (κ1) is 16.7. The summed E-state index contributed by atoms with van der Waals surface area (Å²) in [5.41, 5.74) is 4.16. The van der Waals surface area contributed by atoms with E-state index in [1.807, 2.05) is 56.3 Å². The van der Waals surface area contributed by atoms with Crippen molar-refractivity contribution in [1.82, 2.24) is 4.90 Å². The highest BCUT2D eigenvalue weighted by Crippen LogP contribution is 2.24. The van der Waals surface area contributed by atoms with Gasteiger partial charge < -0.3 is 10.1 Å². The first-order valence-electron chi connectivity index (χ1n) is 8.39. The van der Waals surface area contributed by atoms with Gasteiger partial charge in [0.1, 0.15) is 6.04 Å². The third-order valence-electron chi connectivity index (χ3n) is 4.26. The van der Waals surface area contributed by atoms with Gasteiger partial charge in [-0.3, -0.25) is 9.69 Å². The largest absolute Gasteiger partial charge is 0.379 e. The standard InChI is InChI=1S/C20H24N2O2/c1-15-12-16(2)14-18(13-15)21-20(23)19(17-6-4-3-5-7-17)22-8-10-24-11-9-22/h3-7,12-14,19H,8-11H2,1-2H3,(H,21,23)/t19-/m0/s1. The smallest absolute Gasteiger partial charge is 0.246 e. The lowest BCUT2D eigenvalue weighted by Gasteiger charge is -2.33.